The van der Waals surface area contributed by atoms with Gasteiger partial charge in [-0.15, -0.1) is 0 Å². The zero-order valence-electron chi connectivity index (χ0n) is 7.13. The first-order valence-electron chi connectivity index (χ1n) is 3.52. The van der Waals surface area contributed by atoms with Crippen LogP contribution in [0.5, 0.6) is 5.75 Å². The van der Waals surface area contributed by atoms with Crippen molar-refractivity contribution < 1.29 is 24.2 Å². The molecule has 0 atom stereocenters. The van der Waals surface area contributed by atoms with E-state index < -0.39 is 0 Å². The average molecular weight is 202 g/mol. The number of benzene rings is 1. The first kappa shape index (κ1) is 10.6. The predicted molar refractivity (Wildman–Crippen MR) is 42.3 cm³/mol. The molecule has 0 saturated heterocycles. The summed E-state index contributed by atoms with van der Waals surface area (Å²) < 4.78 is 5.26. The third-order valence-corrected chi connectivity index (χ3v) is 1.33. The van der Waals surface area contributed by atoms with Gasteiger partial charge in [-0.1, -0.05) is 17.7 Å². The van der Waals surface area contributed by atoms with Gasteiger partial charge in [0.05, 0.1) is 6.61 Å². The minimum atomic E-state index is 0. The maximum atomic E-state index is 5.26. The number of hydrogen-bond donors (Lipinski definition) is 0. The molecule has 0 aliphatic heterocycles. The summed E-state index contributed by atoms with van der Waals surface area (Å²) in [5.41, 5.74) is 1.27. The molecule has 0 unspecified atom stereocenters. The van der Waals surface area contributed by atoms with Crippen LogP contribution in [0.2, 0.25) is 0 Å². The largest absolute Gasteiger partial charge is 0.494 e. The fraction of sp³-hybridized carbons (Fsp3) is 0.333. The number of rotatable bonds is 2. The Kier molecular flexibility index (Phi) is 5.14. The molecular weight excluding hydrogens is 189 g/mol. The fourth-order valence-corrected chi connectivity index (χ4v) is 0.801. The van der Waals surface area contributed by atoms with Crippen molar-refractivity contribution in [2.75, 3.05) is 6.61 Å². The van der Waals surface area contributed by atoms with Crippen molar-refractivity contribution >= 4 is 0 Å². The van der Waals surface area contributed by atoms with E-state index in [4.69, 9.17) is 4.74 Å². The molecule has 0 amide bonds. The Labute approximate surface area is 80.5 Å². The predicted octanol–water partition coefficient (Wildman–Crippen LogP) is 2.39. The van der Waals surface area contributed by atoms with Crippen LogP contribution in [0.3, 0.4) is 0 Å². The molecule has 1 nitrogen and oxygen atoms in total. The molecule has 0 bridgehead atoms. The van der Waals surface area contributed by atoms with Crippen LogP contribution in [0.1, 0.15) is 12.5 Å². The third kappa shape index (κ3) is 3.52. The van der Waals surface area contributed by atoms with E-state index in [0.29, 0.717) is 0 Å². The molecule has 11 heavy (non-hydrogen) atoms. The Morgan fingerprint density at radius 3 is 2.18 bits per heavy atom. The molecule has 1 aromatic carbocycles. The van der Waals surface area contributed by atoms with Gasteiger partial charge in [-0.3, -0.25) is 0 Å². The fourth-order valence-electron chi connectivity index (χ4n) is 0.801. The van der Waals surface area contributed by atoms with Crippen LogP contribution < -0.4 is 4.74 Å². The molecule has 56 valence electrons. The molecule has 1 aromatic rings. The summed E-state index contributed by atoms with van der Waals surface area (Å²) in [5, 5.41) is 0. The van der Waals surface area contributed by atoms with Gasteiger partial charge in [-0.05, 0) is 26.0 Å². The molecular formula is C9H12OZn. The third-order valence-electron chi connectivity index (χ3n) is 1.33. The summed E-state index contributed by atoms with van der Waals surface area (Å²) in [6.07, 6.45) is 0. The standard InChI is InChI=1S/C9H12O.Zn/c1-3-10-9-6-4-8(2)5-7-9;/h4-7H,3H2,1-2H3;. The van der Waals surface area contributed by atoms with Gasteiger partial charge in [0.2, 0.25) is 0 Å². The molecule has 1 rings (SSSR count). The minimum Gasteiger partial charge on any atom is -0.494 e. The molecule has 0 radical (unpaired) electrons. The zero-order chi connectivity index (χ0) is 7.40. The van der Waals surface area contributed by atoms with Crippen LogP contribution in [0.15, 0.2) is 24.3 Å². The second kappa shape index (κ2) is 5.31. The van der Waals surface area contributed by atoms with Gasteiger partial charge >= 0.3 is 0 Å². The van der Waals surface area contributed by atoms with E-state index in [0.717, 1.165) is 12.4 Å². The summed E-state index contributed by atoms with van der Waals surface area (Å²) in [5.74, 6) is 0.952. The Hall–Kier alpha value is -0.357. The summed E-state index contributed by atoms with van der Waals surface area (Å²) in [6.45, 7) is 4.79. The van der Waals surface area contributed by atoms with Crippen molar-refractivity contribution in [1.29, 1.82) is 0 Å². The molecule has 0 N–H and O–H groups in total. The van der Waals surface area contributed by atoms with Crippen molar-refractivity contribution in [2.45, 2.75) is 13.8 Å². The SMILES string of the molecule is CCOc1ccc(C)cc1.[Zn]. The van der Waals surface area contributed by atoms with E-state index in [-0.39, 0.29) is 19.5 Å². The molecule has 2 heteroatoms. The van der Waals surface area contributed by atoms with Gasteiger partial charge in [-0.2, -0.15) is 0 Å². The number of aryl methyl sites for hydroxylation is 1. The van der Waals surface area contributed by atoms with E-state index in [9.17, 15) is 0 Å². The van der Waals surface area contributed by atoms with Crippen molar-refractivity contribution in [3.63, 3.8) is 0 Å². The van der Waals surface area contributed by atoms with Gasteiger partial charge in [0, 0.05) is 19.5 Å². The first-order valence-corrected chi connectivity index (χ1v) is 3.52. The van der Waals surface area contributed by atoms with Crippen LogP contribution in [-0.4, -0.2) is 6.61 Å². The second-order valence-electron chi connectivity index (χ2n) is 2.25. The topological polar surface area (TPSA) is 9.23 Å². The number of hydrogen-bond acceptors (Lipinski definition) is 1. The normalized spacial score (nSPS) is 8.55. The van der Waals surface area contributed by atoms with E-state index in [2.05, 4.69) is 6.92 Å². The zero-order valence-corrected chi connectivity index (χ0v) is 10.1. The minimum absolute atomic E-state index is 0. The molecule has 0 aliphatic rings. The van der Waals surface area contributed by atoms with Crippen molar-refractivity contribution in [1.82, 2.24) is 0 Å². The van der Waals surface area contributed by atoms with Crippen molar-refractivity contribution in [3.05, 3.63) is 29.8 Å². The van der Waals surface area contributed by atoms with E-state index in [1.54, 1.807) is 0 Å². The Morgan fingerprint density at radius 1 is 1.18 bits per heavy atom. The molecule has 0 aliphatic carbocycles. The van der Waals surface area contributed by atoms with E-state index in [1.165, 1.54) is 5.56 Å². The first-order chi connectivity index (χ1) is 4.83. The van der Waals surface area contributed by atoms with Crippen LogP contribution in [-0.2, 0) is 19.5 Å². The smallest absolute Gasteiger partial charge is 0.119 e. The Balaban J connectivity index is 0.000001000. The van der Waals surface area contributed by atoms with Gasteiger partial charge in [-0.25, -0.2) is 0 Å². The van der Waals surface area contributed by atoms with Crippen LogP contribution in [0.25, 0.3) is 0 Å². The summed E-state index contributed by atoms with van der Waals surface area (Å²) in [7, 11) is 0. The summed E-state index contributed by atoms with van der Waals surface area (Å²) in [4.78, 5) is 0. The summed E-state index contributed by atoms with van der Waals surface area (Å²) in [6, 6.07) is 8.06. The van der Waals surface area contributed by atoms with Gasteiger partial charge in [0.25, 0.3) is 0 Å². The molecule has 0 spiro atoms. The van der Waals surface area contributed by atoms with E-state index in [1.807, 2.05) is 31.2 Å². The average Bonchev–Trinajstić information content (AvgIpc) is 1.95. The Bertz CT molecular complexity index is 193. The second-order valence-corrected chi connectivity index (χ2v) is 2.25. The van der Waals surface area contributed by atoms with Gasteiger partial charge in [0.1, 0.15) is 5.75 Å². The molecule has 0 heterocycles. The van der Waals surface area contributed by atoms with E-state index >= 15 is 0 Å². The molecule has 0 aromatic heterocycles. The maximum Gasteiger partial charge on any atom is 0.119 e. The van der Waals surface area contributed by atoms with Gasteiger partial charge in [0.15, 0.2) is 0 Å². The van der Waals surface area contributed by atoms with Crippen molar-refractivity contribution in [2.24, 2.45) is 0 Å². The number of ether oxygens (including phenoxy) is 1. The summed E-state index contributed by atoms with van der Waals surface area (Å²) >= 11 is 0. The van der Waals surface area contributed by atoms with Crippen LogP contribution in [0.4, 0.5) is 0 Å². The van der Waals surface area contributed by atoms with Gasteiger partial charge < -0.3 is 4.74 Å². The van der Waals surface area contributed by atoms with Crippen molar-refractivity contribution in [3.8, 4) is 5.75 Å². The molecule has 0 fully saturated rings. The monoisotopic (exact) mass is 200 g/mol. The van der Waals surface area contributed by atoms with Crippen LogP contribution >= 0.6 is 0 Å². The quantitative estimate of drug-likeness (QED) is 0.668. The van der Waals surface area contributed by atoms with Crippen LogP contribution in [0, 0.1) is 6.92 Å². The Morgan fingerprint density at radius 2 is 1.73 bits per heavy atom. The maximum absolute atomic E-state index is 5.26. The molecule has 0 saturated carbocycles.